The molecule has 0 saturated carbocycles. The van der Waals surface area contributed by atoms with Gasteiger partial charge in [0.25, 0.3) is 0 Å². The number of carboxylic acid groups (broad SMARTS) is 1. The van der Waals surface area contributed by atoms with Gasteiger partial charge in [-0.25, -0.2) is 0 Å². The predicted molar refractivity (Wildman–Crippen MR) is 48.6 cm³/mol. The molecule has 4 heteroatoms. The lowest BCUT2D eigenvalue weighted by molar-refractivity contribution is -0.139. The van der Waals surface area contributed by atoms with Gasteiger partial charge in [0.05, 0.1) is 5.60 Å². The maximum atomic E-state index is 10.3. The van der Waals surface area contributed by atoms with Crippen LogP contribution in [0.1, 0.15) is 25.7 Å². The largest absolute Gasteiger partial charge is 0.481 e. The molecule has 0 bridgehead atoms. The van der Waals surface area contributed by atoms with Crippen LogP contribution in [-0.4, -0.2) is 46.8 Å². The second-order valence-electron chi connectivity index (χ2n) is 3.96. The molecular weight excluding hydrogens is 170 g/mol. The molecule has 1 heterocycles. The zero-order valence-electron chi connectivity index (χ0n) is 7.99. The fourth-order valence-corrected chi connectivity index (χ4v) is 1.88. The molecule has 2 N–H and O–H groups in total. The van der Waals surface area contributed by atoms with Gasteiger partial charge in [-0.05, 0) is 32.9 Å². The number of piperidine rings is 1. The Morgan fingerprint density at radius 2 is 2.31 bits per heavy atom. The Balaban J connectivity index is 2.39. The van der Waals surface area contributed by atoms with Gasteiger partial charge in [0.1, 0.15) is 0 Å². The van der Waals surface area contributed by atoms with Crippen LogP contribution in [0.15, 0.2) is 0 Å². The lowest BCUT2D eigenvalue weighted by atomic mass is 9.89. The molecule has 0 spiro atoms. The van der Waals surface area contributed by atoms with E-state index in [4.69, 9.17) is 5.11 Å². The topological polar surface area (TPSA) is 60.8 Å². The van der Waals surface area contributed by atoms with Crippen LogP contribution in [-0.2, 0) is 4.79 Å². The minimum absolute atomic E-state index is 0.0599. The number of nitrogens with zero attached hydrogens (tertiary/aromatic N) is 1. The van der Waals surface area contributed by atoms with Crippen LogP contribution in [0.4, 0.5) is 0 Å². The Bertz CT molecular complexity index is 195. The normalized spacial score (nSPS) is 30.3. The van der Waals surface area contributed by atoms with Crippen molar-refractivity contribution in [3.8, 4) is 0 Å². The summed E-state index contributed by atoms with van der Waals surface area (Å²) in [5.41, 5.74) is -0.772. The van der Waals surface area contributed by atoms with E-state index in [9.17, 15) is 9.90 Å². The standard InChI is InChI=1S/C9H17NO3/c1-10-6-2-4-9(13,7-10)5-3-8(11)12/h13H,2-7H2,1H3,(H,11,12). The number of likely N-dealkylation sites (N-methyl/N-ethyl adjacent to an activating group) is 1. The molecule has 0 aromatic heterocycles. The molecule has 1 atom stereocenters. The third kappa shape index (κ3) is 3.32. The van der Waals surface area contributed by atoms with Crippen LogP contribution in [0.3, 0.4) is 0 Å². The van der Waals surface area contributed by atoms with Crippen molar-refractivity contribution in [2.45, 2.75) is 31.3 Å². The summed E-state index contributed by atoms with van der Waals surface area (Å²) in [6.07, 6.45) is 2.11. The number of aliphatic carboxylic acids is 1. The van der Waals surface area contributed by atoms with E-state index in [-0.39, 0.29) is 6.42 Å². The first kappa shape index (κ1) is 10.5. The van der Waals surface area contributed by atoms with E-state index < -0.39 is 11.6 Å². The fourth-order valence-electron chi connectivity index (χ4n) is 1.88. The summed E-state index contributed by atoms with van der Waals surface area (Å²) < 4.78 is 0. The number of hydrogen-bond acceptors (Lipinski definition) is 3. The molecule has 0 aromatic carbocycles. The molecule has 13 heavy (non-hydrogen) atoms. The number of hydrogen-bond donors (Lipinski definition) is 2. The Morgan fingerprint density at radius 3 is 2.85 bits per heavy atom. The molecule has 4 nitrogen and oxygen atoms in total. The summed E-state index contributed by atoms with van der Waals surface area (Å²) in [5.74, 6) is -0.832. The minimum atomic E-state index is -0.832. The summed E-state index contributed by atoms with van der Waals surface area (Å²) >= 11 is 0. The van der Waals surface area contributed by atoms with Crippen molar-refractivity contribution in [3.63, 3.8) is 0 Å². The molecule has 1 unspecified atom stereocenters. The Hall–Kier alpha value is -0.610. The van der Waals surface area contributed by atoms with Crippen LogP contribution < -0.4 is 0 Å². The van der Waals surface area contributed by atoms with Crippen LogP contribution in [0, 0.1) is 0 Å². The van der Waals surface area contributed by atoms with E-state index in [0.717, 1.165) is 19.4 Å². The molecule has 1 rings (SSSR count). The Labute approximate surface area is 78.2 Å². The van der Waals surface area contributed by atoms with E-state index in [2.05, 4.69) is 0 Å². The highest BCUT2D eigenvalue weighted by molar-refractivity contribution is 5.66. The van der Waals surface area contributed by atoms with Crippen LogP contribution in [0.5, 0.6) is 0 Å². The molecule has 1 saturated heterocycles. The maximum Gasteiger partial charge on any atom is 0.303 e. The van der Waals surface area contributed by atoms with Gasteiger partial charge in [-0.3, -0.25) is 4.79 Å². The van der Waals surface area contributed by atoms with Crippen molar-refractivity contribution in [3.05, 3.63) is 0 Å². The molecule has 76 valence electrons. The van der Waals surface area contributed by atoms with Crippen molar-refractivity contribution in [1.29, 1.82) is 0 Å². The molecule has 0 aliphatic carbocycles. The Kier molecular flexibility index (Phi) is 3.27. The molecule has 0 amide bonds. The predicted octanol–water partition coefficient (Wildman–Crippen LogP) is 0.308. The Morgan fingerprint density at radius 1 is 1.62 bits per heavy atom. The van der Waals surface area contributed by atoms with Crippen molar-refractivity contribution in [1.82, 2.24) is 4.90 Å². The van der Waals surface area contributed by atoms with Crippen molar-refractivity contribution in [2.75, 3.05) is 20.1 Å². The van der Waals surface area contributed by atoms with Crippen molar-refractivity contribution < 1.29 is 15.0 Å². The van der Waals surface area contributed by atoms with Gasteiger partial charge in [-0.2, -0.15) is 0 Å². The molecule has 1 aliphatic rings. The monoisotopic (exact) mass is 187 g/mol. The van der Waals surface area contributed by atoms with E-state index >= 15 is 0 Å². The second-order valence-corrected chi connectivity index (χ2v) is 3.96. The number of aliphatic hydroxyl groups is 1. The highest BCUT2D eigenvalue weighted by Crippen LogP contribution is 2.24. The van der Waals surface area contributed by atoms with Gasteiger partial charge < -0.3 is 15.1 Å². The molecule has 1 fully saturated rings. The molecule has 0 radical (unpaired) electrons. The third-order valence-corrected chi connectivity index (χ3v) is 2.55. The van der Waals surface area contributed by atoms with Crippen LogP contribution in [0.25, 0.3) is 0 Å². The third-order valence-electron chi connectivity index (χ3n) is 2.55. The van der Waals surface area contributed by atoms with E-state index in [0.29, 0.717) is 13.0 Å². The zero-order valence-corrected chi connectivity index (χ0v) is 7.99. The van der Waals surface area contributed by atoms with Gasteiger partial charge in [0, 0.05) is 13.0 Å². The summed E-state index contributed by atoms with van der Waals surface area (Å²) in [5, 5.41) is 18.5. The van der Waals surface area contributed by atoms with E-state index in [1.54, 1.807) is 0 Å². The average molecular weight is 187 g/mol. The highest BCUT2D eigenvalue weighted by Gasteiger charge is 2.31. The quantitative estimate of drug-likeness (QED) is 0.667. The SMILES string of the molecule is CN1CCCC(O)(CCC(=O)O)C1. The molecule has 1 aliphatic heterocycles. The van der Waals surface area contributed by atoms with Crippen molar-refractivity contribution in [2.24, 2.45) is 0 Å². The van der Waals surface area contributed by atoms with Gasteiger partial charge in [0.2, 0.25) is 0 Å². The summed E-state index contributed by atoms with van der Waals surface area (Å²) in [4.78, 5) is 12.4. The lowest BCUT2D eigenvalue weighted by Crippen LogP contribution is -2.46. The number of β-amino-alcohol motifs (C(OH)–C–C–N with tert-alkyl or cyclic N) is 1. The first-order chi connectivity index (χ1) is 6.02. The molecular formula is C9H17NO3. The first-order valence-corrected chi connectivity index (χ1v) is 4.65. The number of carbonyl (C=O) groups is 1. The fraction of sp³-hybridized carbons (Fsp3) is 0.889. The van der Waals surface area contributed by atoms with E-state index in [1.807, 2.05) is 11.9 Å². The molecule has 0 aromatic rings. The summed E-state index contributed by atoms with van der Waals surface area (Å²) in [7, 11) is 1.95. The second kappa shape index (κ2) is 4.07. The van der Waals surface area contributed by atoms with Crippen LogP contribution >= 0.6 is 0 Å². The van der Waals surface area contributed by atoms with Gasteiger partial charge >= 0.3 is 5.97 Å². The van der Waals surface area contributed by atoms with Gasteiger partial charge in [-0.15, -0.1) is 0 Å². The first-order valence-electron chi connectivity index (χ1n) is 4.65. The number of likely N-dealkylation sites (tertiary alicyclic amines) is 1. The van der Waals surface area contributed by atoms with Gasteiger partial charge in [-0.1, -0.05) is 0 Å². The smallest absolute Gasteiger partial charge is 0.303 e. The zero-order chi connectivity index (χ0) is 9.90. The number of carboxylic acids is 1. The highest BCUT2D eigenvalue weighted by atomic mass is 16.4. The lowest BCUT2D eigenvalue weighted by Gasteiger charge is -2.37. The van der Waals surface area contributed by atoms with Crippen LogP contribution in [0.2, 0.25) is 0 Å². The van der Waals surface area contributed by atoms with Crippen molar-refractivity contribution >= 4 is 5.97 Å². The summed E-state index contributed by atoms with van der Waals surface area (Å²) in [6.45, 7) is 1.59. The minimum Gasteiger partial charge on any atom is -0.481 e. The number of rotatable bonds is 3. The van der Waals surface area contributed by atoms with E-state index in [1.165, 1.54) is 0 Å². The maximum absolute atomic E-state index is 10.3. The van der Waals surface area contributed by atoms with Gasteiger partial charge in [0.15, 0.2) is 0 Å². The summed E-state index contributed by atoms with van der Waals surface area (Å²) in [6, 6.07) is 0. The average Bonchev–Trinajstić information content (AvgIpc) is 2.01.